The second-order valence-corrected chi connectivity index (χ2v) is 3.15. The van der Waals surface area contributed by atoms with Gasteiger partial charge in [-0.25, -0.2) is 0 Å². The Hall–Kier alpha value is -0.920. The molecule has 2 nitrogen and oxygen atoms in total. The summed E-state index contributed by atoms with van der Waals surface area (Å²) in [5.74, 6) is 0.417. The lowest BCUT2D eigenvalue weighted by Gasteiger charge is -1.95. The van der Waals surface area contributed by atoms with Gasteiger partial charge in [0.1, 0.15) is 5.78 Å². The normalized spacial score (nSPS) is 10.6. The van der Waals surface area contributed by atoms with Gasteiger partial charge in [0.15, 0.2) is 5.78 Å². The maximum absolute atomic E-state index is 10.9. The molecule has 0 rings (SSSR count). The molecule has 0 aromatic heterocycles. The predicted octanol–water partition coefficient (Wildman–Crippen LogP) is 2.67. The van der Waals surface area contributed by atoms with Gasteiger partial charge in [-0.05, 0) is 32.3 Å². The lowest BCUT2D eigenvalue weighted by atomic mass is 10.1. The Morgan fingerprint density at radius 1 is 1.23 bits per heavy atom. The Kier molecular flexibility index (Phi) is 7.17. The molecule has 0 fully saturated rings. The zero-order valence-corrected chi connectivity index (χ0v) is 8.51. The van der Waals surface area contributed by atoms with E-state index in [1.807, 2.05) is 13.0 Å². The van der Waals surface area contributed by atoms with E-state index < -0.39 is 0 Å². The quantitative estimate of drug-likeness (QED) is 0.448. The van der Waals surface area contributed by atoms with Gasteiger partial charge in [0.2, 0.25) is 0 Å². The van der Waals surface area contributed by atoms with Gasteiger partial charge >= 0.3 is 0 Å². The molecule has 0 aliphatic rings. The molecule has 2 heteroatoms. The maximum Gasteiger partial charge on any atom is 0.152 e. The fraction of sp³-hybridized carbons (Fsp3) is 0.636. The first-order valence-electron chi connectivity index (χ1n) is 4.85. The summed E-state index contributed by atoms with van der Waals surface area (Å²) >= 11 is 0. The molecular formula is C11H18O2. The van der Waals surface area contributed by atoms with Crippen LogP contribution < -0.4 is 0 Å². The number of hydrogen-bond donors (Lipinski definition) is 0. The summed E-state index contributed by atoms with van der Waals surface area (Å²) in [7, 11) is 0. The van der Waals surface area contributed by atoms with Crippen LogP contribution in [-0.4, -0.2) is 11.6 Å². The zero-order valence-electron chi connectivity index (χ0n) is 8.51. The molecule has 0 unspecified atom stereocenters. The minimum atomic E-state index is 0.0876. The van der Waals surface area contributed by atoms with Crippen molar-refractivity contribution in [3.63, 3.8) is 0 Å². The van der Waals surface area contributed by atoms with Crippen molar-refractivity contribution < 1.29 is 9.59 Å². The van der Waals surface area contributed by atoms with Gasteiger partial charge in [0, 0.05) is 12.8 Å². The van der Waals surface area contributed by atoms with Crippen molar-refractivity contribution in [1.29, 1.82) is 0 Å². The topological polar surface area (TPSA) is 34.1 Å². The van der Waals surface area contributed by atoms with Crippen molar-refractivity contribution in [2.75, 3.05) is 0 Å². The number of Topliss-reactive ketones (excluding diaryl/α,β-unsaturated/α-hetero) is 1. The van der Waals surface area contributed by atoms with E-state index in [9.17, 15) is 9.59 Å². The third-order valence-electron chi connectivity index (χ3n) is 1.82. The standard InChI is InChI=1S/C11H18O2/c1-3-11(13)9-7-5-4-6-8-10(2)12/h6,8H,3-5,7,9H2,1-2H3. The molecule has 0 N–H and O–H groups in total. The number of carbonyl (C=O) groups is 2. The van der Waals surface area contributed by atoms with Crippen LogP contribution in [0.4, 0.5) is 0 Å². The molecule has 0 heterocycles. The Balaban J connectivity index is 3.26. The van der Waals surface area contributed by atoms with E-state index in [2.05, 4.69) is 0 Å². The van der Waals surface area contributed by atoms with E-state index in [0.717, 1.165) is 19.3 Å². The van der Waals surface area contributed by atoms with Gasteiger partial charge in [-0.1, -0.05) is 13.0 Å². The number of hydrogen-bond acceptors (Lipinski definition) is 2. The predicted molar refractivity (Wildman–Crippen MR) is 53.6 cm³/mol. The Morgan fingerprint density at radius 3 is 2.46 bits per heavy atom. The van der Waals surface area contributed by atoms with Crippen molar-refractivity contribution in [1.82, 2.24) is 0 Å². The first-order valence-corrected chi connectivity index (χ1v) is 4.85. The molecule has 13 heavy (non-hydrogen) atoms. The van der Waals surface area contributed by atoms with Gasteiger partial charge in [-0.3, -0.25) is 9.59 Å². The molecule has 0 saturated carbocycles. The van der Waals surface area contributed by atoms with Crippen LogP contribution in [0, 0.1) is 0 Å². The first-order chi connectivity index (χ1) is 6.16. The van der Waals surface area contributed by atoms with Crippen molar-refractivity contribution in [2.24, 2.45) is 0 Å². The zero-order chi connectivity index (χ0) is 10.1. The molecule has 0 aromatic rings. The molecular weight excluding hydrogens is 164 g/mol. The molecule has 0 amide bonds. The Morgan fingerprint density at radius 2 is 1.92 bits per heavy atom. The molecule has 0 radical (unpaired) electrons. The van der Waals surface area contributed by atoms with E-state index in [0.29, 0.717) is 18.6 Å². The van der Waals surface area contributed by atoms with Crippen LogP contribution in [0.3, 0.4) is 0 Å². The molecule has 0 aromatic carbocycles. The van der Waals surface area contributed by atoms with E-state index in [1.54, 1.807) is 6.08 Å². The van der Waals surface area contributed by atoms with Crippen LogP contribution in [0.25, 0.3) is 0 Å². The molecule has 0 saturated heterocycles. The van der Waals surface area contributed by atoms with Crippen molar-refractivity contribution in [3.8, 4) is 0 Å². The van der Waals surface area contributed by atoms with Gasteiger partial charge in [-0.15, -0.1) is 0 Å². The fourth-order valence-electron chi connectivity index (χ4n) is 1.01. The van der Waals surface area contributed by atoms with Crippen molar-refractivity contribution in [3.05, 3.63) is 12.2 Å². The van der Waals surface area contributed by atoms with Crippen LogP contribution >= 0.6 is 0 Å². The summed E-state index contributed by atoms with van der Waals surface area (Å²) in [5.41, 5.74) is 0. The van der Waals surface area contributed by atoms with Gasteiger partial charge in [0.25, 0.3) is 0 Å². The number of ketones is 2. The number of unbranched alkanes of at least 4 members (excludes halogenated alkanes) is 2. The van der Waals surface area contributed by atoms with E-state index in [-0.39, 0.29) is 5.78 Å². The summed E-state index contributed by atoms with van der Waals surface area (Å²) in [4.78, 5) is 21.4. The van der Waals surface area contributed by atoms with Crippen LogP contribution in [0.1, 0.15) is 46.0 Å². The van der Waals surface area contributed by atoms with Gasteiger partial charge < -0.3 is 0 Å². The minimum absolute atomic E-state index is 0.0876. The molecule has 0 aliphatic heterocycles. The smallest absolute Gasteiger partial charge is 0.152 e. The molecule has 0 spiro atoms. The second kappa shape index (κ2) is 7.71. The third kappa shape index (κ3) is 8.99. The number of allylic oxidation sites excluding steroid dienone is 2. The van der Waals surface area contributed by atoms with Crippen LogP contribution in [-0.2, 0) is 9.59 Å². The highest BCUT2D eigenvalue weighted by Crippen LogP contribution is 2.02. The van der Waals surface area contributed by atoms with Crippen LogP contribution in [0.2, 0.25) is 0 Å². The average molecular weight is 182 g/mol. The highest BCUT2D eigenvalue weighted by atomic mass is 16.1. The van der Waals surface area contributed by atoms with Crippen LogP contribution in [0.15, 0.2) is 12.2 Å². The molecule has 0 bridgehead atoms. The highest BCUT2D eigenvalue weighted by Gasteiger charge is 1.96. The minimum Gasteiger partial charge on any atom is -0.300 e. The average Bonchev–Trinajstić information content (AvgIpc) is 2.10. The summed E-state index contributed by atoms with van der Waals surface area (Å²) < 4.78 is 0. The number of rotatable bonds is 7. The second-order valence-electron chi connectivity index (χ2n) is 3.15. The largest absolute Gasteiger partial charge is 0.300 e. The monoisotopic (exact) mass is 182 g/mol. The van der Waals surface area contributed by atoms with Crippen molar-refractivity contribution >= 4 is 11.6 Å². The third-order valence-corrected chi connectivity index (χ3v) is 1.82. The summed E-state index contributed by atoms with van der Waals surface area (Å²) in [6.45, 7) is 3.43. The van der Waals surface area contributed by atoms with Crippen LogP contribution in [0.5, 0.6) is 0 Å². The fourth-order valence-corrected chi connectivity index (χ4v) is 1.01. The lowest BCUT2D eigenvalue weighted by Crippen LogP contribution is -1.93. The molecule has 74 valence electrons. The highest BCUT2D eigenvalue weighted by molar-refractivity contribution is 5.87. The SMILES string of the molecule is CCC(=O)CCCCC=CC(C)=O. The summed E-state index contributed by atoms with van der Waals surface area (Å²) in [5, 5.41) is 0. The first kappa shape index (κ1) is 12.1. The summed E-state index contributed by atoms with van der Waals surface area (Å²) in [6.07, 6.45) is 7.62. The van der Waals surface area contributed by atoms with Gasteiger partial charge in [0.05, 0.1) is 0 Å². The van der Waals surface area contributed by atoms with E-state index >= 15 is 0 Å². The Labute approximate surface area is 80.0 Å². The lowest BCUT2D eigenvalue weighted by molar-refractivity contribution is -0.119. The molecule has 0 atom stereocenters. The summed E-state index contributed by atoms with van der Waals surface area (Å²) in [6, 6.07) is 0. The van der Waals surface area contributed by atoms with E-state index in [4.69, 9.17) is 0 Å². The molecule has 0 aliphatic carbocycles. The number of carbonyl (C=O) groups excluding carboxylic acids is 2. The van der Waals surface area contributed by atoms with Gasteiger partial charge in [-0.2, -0.15) is 0 Å². The van der Waals surface area contributed by atoms with E-state index in [1.165, 1.54) is 6.92 Å². The van der Waals surface area contributed by atoms with Crippen molar-refractivity contribution in [2.45, 2.75) is 46.0 Å². The Bertz CT molecular complexity index is 192. The maximum atomic E-state index is 10.9.